The zero-order chi connectivity index (χ0) is 16.9. The van der Waals surface area contributed by atoms with Gasteiger partial charge in [0.15, 0.2) is 0 Å². The number of hydrogen-bond donors (Lipinski definition) is 2. The Kier molecular flexibility index (Phi) is 4.74. The van der Waals surface area contributed by atoms with E-state index in [0.29, 0.717) is 29.6 Å². The molecule has 6 nitrogen and oxygen atoms in total. The lowest BCUT2D eigenvalue weighted by Gasteiger charge is -2.07. The van der Waals surface area contributed by atoms with Gasteiger partial charge in [0.25, 0.3) is 5.91 Å². The molecule has 0 radical (unpaired) electrons. The fourth-order valence-corrected chi connectivity index (χ4v) is 2.18. The molecule has 1 amide bonds. The summed E-state index contributed by atoms with van der Waals surface area (Å²) in [5.41, 5.74) is 2.30. The number of carbonyl (C=O) groups is 2. The van der Waals surface area contributed by atoms with E-state index in [1.54, 1.807) is 43.5 Å². The SMILES string of the molecule is CCOC(=O)c1ccc(NC(=O)c2ccc(NC3CC3)cn2)cc1. The van der Waals surface area contributed by atoms with Crippen LogP contribution in [0.1, 0.15) is 40.6 Å². The molecule has 1 aromatic carbocycles. The maximum Gasteiger partial charge on any atom is 0.338 e. The van der Waals surface area contributed by atoms with E-state index >= 15 is 0 Å². The van der Waals surface area contributed by atoms with Gasteiger partial charge in [0, 0.05) is 11.7 Å². The summed E-state index contributed by atoms with van der Waals surface area (Å²) >= 11 is 0. The van der Waals surface area contributed by atoms with Crippen LogP contribution in [0, 0.1) is 0 Å². The van der Waals surface area contributed by atoms with E-state index in [-0.39, 0.29) is 11.9 Å². The molecule has 1 aliphatic carbocycles. The van der Waals surface area contributed by atoms with Crippen molar-refractivity contribution in [2.24, 2.45) is 0 Å². The minimum atomic E-state index is -0.379. The maximum absolute atomic E-state index is 12.2. The third-order valence-electron chi connectivity index (χ3n) is 3.60. The Bertz CT molecular complexity index is 722. The second kappa shape index (κ2) is 7.12. The van der Waals surface area contributed by atoms with Crippen LogP contribution in [0.3, 0.4) is 0 Å². The highest BCUT2D eigenvalue weighted by molar-refractivity contribution is 6.03. The summed E-state index contributed by atoms with van der Waals surface area (Å²) in [6.45, 7) is 2.08. The van der Waals surface area contributed by atoms with E-state index < -0.39 is 0 Å². The lowest BCUT2D eigenvalue weighted by atomic mass is 10.2. The van der Waals surface area contributed by atoms with Crippen LogP contribution in [0.4, 0.5) is 11.4 Å². The average molecular weight is 325 g/mol. The Hall–Kier alpha value is -2.89. The molecule has 6 heteroatoms. The number of esters is 1. The topological polar surface area (TPSA) is 80.3 Å². The predicted octanol–water partition coefficient (Wildman–Crippen LogP) is 3.08. The van der Waals surface area contributed by atoms with Crippen molar-refractivity contribution in [3.05, 3.63) is 53.9 Å². The van der Waals surface area contributed by atoms with E-state index in [2.05, 4.69) is 15.6 Å². The smallest absolute Gasteiger partial charge is 0.338 e. The Labute approximate surface area is 140 Å². The fourth-order valence-electron chi connectivity index (χ4n) is 2.18. The molecule has 3 rings (SSSR count). The minimum absolute atomic E-state index is 0.295. The normalized spacial score (nSPS) is 13.2. The molecule has 2 N–H and O–H groups in total. The number of carbonyl (C=O) groups excluding carboxylic acids is 2. The van der Waals surface area contributed by atoms with Gasteiger partial charge in [0.05, 0.1) is 24.1 Å². The lowest BCUT2D eigenvalue weighted by molar-refractivity contribution is 0.0526. The van der Waals surface area contributed by atoms with E-state index in [1.165, 1.54) is 12.8 Å². The molecule has 1 aliphatic rings. The van der Waals surface area contributed by atoms with Crippen molar-refractivity contribution in [3.8, 4) is 0 Å². The molecule has 0 bridgehead atoms. The molecule has 1 aromatic heterocycles. The molecular weight excluding hydrogens is 306 g/mol. The first-order chi connectivity index (χ1) is 11.7. The van der Waals surface area contributed by atoms with Crippen LogP contribution in [-0.2, 0) is 4.74 Å². The van der Waals surface area contributed by atoms with Gasteiger partial charge >= 0.3 is 5.97 Å². The zero-order valence-electron chi connectivity index (χ0n) is 13.4. The summed E-state index contributed by atoms with van der Waals surface area (Å²) < 4.78 is 4.92. The second-order valence-electron chi connectivity index (χ2n) is 5.60. The quantitative estimate of drug-likeness (QED) is 0.798. The van der Waals surface area contributed by atoms with Crippen LogP contribution in [0.25, 0.3) is 0 Å². The van der Waals surface area contributed by atoms with Crippen molar-refractivity contribution < 1.29 is 14.3 Å². The Morgan fingerprint density at radius 2 is 1.83 bits per heavy atom. The highest BCUT2D eigenvalue weighted by Gasteiger charge is 2.20. The molecule has 0 atom stereocenters. The van der Waals surface area contributed by atoms with Crippen molar-refractivity contribution in [2.75, 3.05) is 17.2 Å². The van der Waals surface area contributed by atoms with Gasteiger partial charge in [-0.3, -0.25) is 4.79 Å². The van der Waals surface area contributed by atoms with Crippen LogP contribution in [0.5, 0.6) is 0 Å². The van der Waals surface area contributed by atoms with Gasteiger partial charge < -0.3 is 15.4 Å². The summed E-state index contributed by atoms with van der Waals surface area (Å²) in [7, 11) is 0. The number of benzene rings is 1. The van der Waals surface area contributed by atoms with Crippen LogP contribution in [-0.4, -0.2) is 29.5 Å². The van der Waals surface area contributed by atoms with Crippen molar-refractivity contribution >= 4 is 23.3 Å². The molecule has 2 aromatic rings. The Morgan fingerprint density at radius 3 is 2.42 bits per heavy atom. The number of aromatic nitrogens is 1. The van der Waals surface area contributed by atoms with Gasteiger partial charge in [0.1, 0.15) is 5.69 Å². The highest BCUT2D eigenvalue weighted by Crippen LogP contribution is 2.24. The maximum atomic E-state index is 12.2. The van der Waals surface area contributed by atoms with E-state index in [1.807, 2.05) is 6.07 Å². The van der Waals surface area contributed by atoms with E-state index in [9.17, 15) is 9.59 Å². The Balaban J connectivity index is 1.60. The first-order valence-corrected chi connectivity index (χ1v) is 7.97. The second-order valence-corrected chi connectivity index (χ2v) is 5.60. The molecule has 0 aliphatic heterocycles. The monoisotopic (exact) mass is 325 g/mol. The molecular formula is C18H19N3O3. The van der Waals surface area contributed by atoms with Crippen LogP contribution >= 0.6 is 0 Å². The van der Waals surface area contributed by atoms with Crippen molar-refractivity contribution in [1.82, 2.24) is 4.98 Å². The summed E-state index contributed by atoms with van der Waals surface area (Å²) in [5.74, 6) is -0.673. The summed E-state index contributed by atoms with van der Waals surface area (Å²) in [6, 6.07) is 10.6. The van der Waals surface area contributed by atoms with E-state index in [0.717, 1.165) is 5.69 Å². The number of amides is 1. The van der Waals surface area contributed by atoms with Crippen LogP contribution in [0.2, 0.25) is 0 Å². The summed E-state index contributed by atoms with van der Waals surface area (Å²) in [4.78, 5) is 28.0. The zero-order valence-corrected chi connectivity index (χ0v) is 13.4. The highest BCUT2D eigenvalue weighted by atomic mass is 16.5. The summed E-state index contributed by atoms with van der Waals surface area (Å²) in [5, 5.41) is 6.08. The molecule has 1 saturated carbocycles. The number of nitrogens with zero attached hydrogens (tertiary/aromatic N) is 1. The number of pyridine rings is 1. The van der Waals surface area contributed by atoms with Crippen molar-refractivity contribution in [3.63, 3.8) is 0 Å². The molecule has 24 heavy (non-hydrogen) atoms. The minimum Gasteiger partial charge on any atom is -0.462 e. The first kappa shape index (κ1) is 16.0. The fraction of sp³-hybridized carbons (Fsp3) is 0.278. The molecule has 0 saturated heterocycles. The molecule has 124 valence electrons. The van der Waals surface area contributed by atoms with Gasteiger partial charge in [-0.1, -0.05) is 0 Å². The third-order valence-corrected chi connectivity index (χ3v) is 3.60. The predicted molar refractivity (Wildman–Crippen MR) is 91.2 cm³/mol. The van der Waals surface area contributed by atoms with Gasteiger partial charge in [0.2, 0.25) is 0 Å². The van der Waals surface area contributed by atoms with Gasteiger partial charge in [-0.2, -0.15) is 0 Å². The van der Waals surface area contributed by atoms with E-state index in [4.69, 9.17) is 4.74 Å². The van der Waals surface area contributed by atoms with Gasteiger partial charge in [-0.15, -0.1) is 0 Å². The van der Waals surface area contributed by atoms with Crippen molar-refractivity contribution in [1.29, 1.82) is 0 Å². The Morgan fingerprint density at radius 1 is 1.12 bits per heavy atom. The van der Waals surface area contributed by atoms with Crippen LogP contribution < -0.4 is 10.6 Å². The number of ether oxygens (including phenoxy) is 1. The molecule has 1 heterocycles. The molecule has 0 spiro atoms. The number of rotatable bonds is 6. The van der Waals surface area contributed by atoms with Gasteiger partial charge in [-0.25, -0.2) is 9.78 Å². The standard InChI is InChI=1S/C18H19N3O3/c1-2-24-18(23)12-3-5-14(6-4-12)21-17(22)16-10-9-15(11-19-16)20-13-7-8-13/h3-6,9-11,13,20H,2,7-8H2,1H3,(H,21,22). The lowest BCUT2D eigenvalue weighted by Crippen LogP contribution is -2.14. The summed E-state index contributed by atoms with van der Waals surface area (Å²) in [6.07, 6.45) is 4.03. The number of nitrogens with one attached hydrogen (secondary N) is 2. The average Bonchev–Trinajstić information content (AvgIpc) is 3.40. The van der Waals surface area contributed by atoms with Crippen LogP contribution in [0.15, 0.2) is 42.6 Å². The first-order valence-electron chi connectivity index (χ1n) is 7.97. The largest absolute Gasteiger partial charge is 0.462 e. The van der Waals surface area contributed by atoms with Gasteiger partial charge in [-0.05, 0) is 56.2 Å². The molecule has 0 unspecified atom stereocenters. The number of anilines is 2. The number of hydrogen-bond acceptors (Lipinski definition) is 5. The molecule has 1 fully saturated rings. The third kappa shape index (κ3) is 4.10. The van der Waals surface area contributed by atoms with Crippen molar-refractivity contribution in [2.45, 2.75) is 25.8 Å².